The second-order valence-corrected chi connectivity index (χ2v) is 5.92. The molecule has 0 fully saturated rings. The van der Waals surface area contributed by atoms with Crippen LogP contribution in [-0.2, 0) is 17.6 Å². The van der Waals surface area contributed by atoms with Crippen molar-refractivity contribution >= 4 is 11.6 Å². The third-order valence-electron chi connectivity index (χ3n) is 4.04. The molecule has 4 nitrogen and oxygen atoms in total. The molecule has 0 aromatic heterocycles. The number of nitrogens with zero attached hydrogens (tertiary/aromatic N) is 1. The largest absolute Gasteiger partial charge is 0.389 e. The van der Waals surface area contributed by atoms with Crippen LogP contribution >= 0.6 is 0 Å². The summed E-state index contributed by atoms with van der Waals surface area (Å²) in [4.78, 5) is 12.4. The number of para-hydroxylation sites is 1. The first-order valence-electron chi connectivity index (χ1n) is 8.53. The van der Waals surface area contributed by atoms with E-state index >= 15 is 0 Å². The van der Waals surface area contributed by atoms with Crippen LogP contribution in [0.5, 0.6) is 0 Å². The Bertz CT molecular complexity index is 853. The zero-order valence-corrected chi connectivity index (χ0v) is 15.0. The van der Waals surface area contributed by atoms with Crippen LogP contribution in [0.1, 0.15) is 23.6 Å². The van der Waals surface area contributed by atoms with Crippen LogP contribution in [-0.4, -0.2) is 12.5 Å². The van der Waals surface area contributed by atoms with Crippen LogP contribution in [0.15, 0.2) is 54.2 Å². The fourth-order valence-electron chi connectivity index (χ4n) is 2.61. The number of rotatable bonds is 7. The first-order valence-corrected chi connectivity index (χ1v) is 8.53. The van der Waals surface area contributed by atoms with Crippen LogP contribution in [0, 0.1) is 24.1 Å². The zero-order chi connectivity index (χ0) is 18.9. The number of hydrogen-bond donors (Lipinski definition) is 2. The van der Waals surface area contributed by atoms with Crippen molar-refractivity contribution in [2.45, 2.75) is 26.7 Å². The fourth-order valence-corrected chi connectivity index (χ4v) is 2.61. The number of amides is 1. The van der Waals surface area contributed by atoms with Gasteiger partial charge < -0.3 is 10.6 Å². The van der Waals surface area contributed by atoms with Gasteiger partial charge in [-0.1, -0.05) is 37.3 Å². The van der Waals surface area contributed by atoms with Gasteiger partial charge in [0.05, 0.1) is 0 Å². The summed E-state index contributed by atoms with van der Waals surface area (Å²) < 4.78 is 13.1. The number of hydrogen-bond acceptors (Lipinski definition) is 3. The molecule has 2 aromatic carbocycles. The number of carbonyl (C=O) groups is 1. The van der Waals surface area contributed by atoms with E-state index in [1.54, 1.807) is 6.07 Å². The number of benzene rings is 2. The SMILES string of the molecule is CCc1cccc(C)c1NC(=O)/C(C#N)=C\NCCc1cccc(F)c1. The Kier molecular flexibility index (Phi) is 6.92. The van der Waals surface area contributed by atoms with Crippen LogP contribution in [0.25, 0.3) is 0 Å². The maximum absolute atomic E-state index is 13.1. The van der Waals surface area contributed by atoms with Crippen LogP contribution in [0.4, 0.5) is 10.1 Å². The second-order valence-electron chi connectivity index (χ2n) is 5.92. The van der Waals surface area contributed by atoms with Crippen molar-refractivity contribution in [3.63, 3.8) is 0 Å². The van der Waals surface area contributed by atoms with E-state index in [4.69, 9.17) is 0 Å². The number of nitriles is 1. The molecule has 2 rings (SSSR count). The molecule has 0 spiro atoms. The summed E-state index contributed by atoms with van der Waals surface area (Å²) in [6.07, 6.45) is 2.78. The van der Waals surface area contributed by atoms with Crippen molar-refractivity contribution in [2.24, 2.45) is 0 Å². The van der Waals surface area contributed by atoms with E-state index in [0.29, 0.717) is 13.0 Å². The molecule has 0 aliphatic heterocycles. The van der Waals surface area contributed by atoms with Crippen LogP contribution in [0.2, 0.25) is 0 Å². The lowest BCUT2D eigenvalue weighted by molar-refractivity contribution is -0.112. The highest BCUT2D eigenvalue weighted by molar-refractivity contribution is 6.07. The number of carbonyl (C=O) groups excluding carboxylic acids is 1. The molecular formula is C21H22FN3O. The Hall–Kier alpha value is -3.13. The normalized spacial score (nSPS) is 10.9. The Morgan fingerprint density at radius 1 is 1.27 bits per heavy atom. The minimum atomic E-state index is -0.449. The number of aryl methyl sites for hydroxylation is 2. The molecule has 0 aliphatic carbocycles. The van der Waals surface area contributed by atoms with E-state index in [1.807, 2.05) is 44.2 Å². The average molecular weight is 351 g/mol. The summed E-state index contributed by atoms with van der Waals surface area (Å²) in [7, 11) is 0. The van der Waals surface area contributed by atoms with Gasteiger partial charge in [0, 0.05) is 18.4 Å². The van der Waals surface area contributed by atoms with Gasteiger partial charge in [-0.2, -0.15) is 5.26 Å². The lowest BCUT2D eigenvalue weighted by Gasteiger charge is -2.12. The van der Waals surface area contributed by atoms with E-state index < -0.39 is 5.91 Å². The summed E-state index contributed by atoms with van der Waals surface area (Å²) in [6.45, 7) is 4.42. The first-order chi connectivity index (χ1) is 12.5. The predicted molar refractivity (Wildman–Crippen MR) is 101 cm³/mol. The Morgan fingerprint density at radius 2 is 2.04 bits per heavy atom. The second kappa shape index (κ2) is 9.38. The van der Waals surface area contributed by atoms with Crippen LogP contribution < -0.4 is 10.6 Å². The summed E-state index contributed by atoms with van der Waals surface area (Å²) in [5, 5.41) is 15.0. The van der Waals surface area contributed by atoms with Gasteiger partial charge in [0.1, 0.15) is 17.5 Å². The lowest BCUT2D eigenvalue weighted by atomic mass is 10.1. The van der Waals surface area contributed by atoms with Crippen molar-refractivity contribution in [1.29, 1.82) is 5.26 Å². The van der Waals surface area contributed by atoms with Gasteiger partial charge in [-0.25, -0.2) is 4.39 Å². The van der Waals surface area contributed by atoms with Crippen molar-refractivity contribution < 1.29 is 9.18 Å². The third kappa shape index (κ3) is 5.18. The van der Waals surface area contributed by atoms with E-state index in [9.17, 15) is 14.4 Å². The van der Waals surface area contributed by atoms with Gasteiger partial charge in [-0.15, -0.1) is 0 Å². The van der Waals surface area contributed by atoms with Crippen molar-refractivity contribution in [1.82, 2.24) is 5.32 Å². The van der Waals surface area contributed by atoms with Gasteiger partial charge >= 0.3 is 0 Å². The van der Waals surface area contributed by atoms with Crippen molar-refractivity contribution in [3.8, 4) is 6.07 Å². The Labute approximate surface area is 153 Å². The molecule has 0 heterocycles. The molecule has 0 aliphatic rings. The molecular weight excluding hydrogens is 329 g/mol. The molecule has 0 atom stereocenters. The van der Waals surface area contributed by atoms with E-state index in [-0.39, 0.29) is 11.4 Å². The molecule has 134 valence electrons. The van der Waals surface area contributed by atoms with E-state index in [0.717, 1.165) is 28.8 Å². The van der Waals surface area contributed by atoms with Gasteiger partial charge in [0.2, 0.25) is 0 Å². The highest BCUT2D eigenvalue weighted by Gasteiger charge is 2.12. The van der Waals surface area contributed by atoms with Crippen molar-refractivity contribution in [2.75, 3.05) is 11.9 Å². The molecule has 2 N–H and O–H groups in total. The van der Waals surface area contributed by atoms with Crippen LogP contribution in [0.3, 0.4) is 0 Å². The standard InChI is InChI=1S/C21H22FN3O/c1-3-17-8-4-6-15(2)20(17)25-21(26)18(13-23)14-24-11-10-16-7-5-9-19(22)12-16/h4-9,12,14,24H,3,10-11H2,1-2H3,(H,25,26)/b18-14-. The minimum absolute atomic E-state index is 0.00505. The Morgan fingerprint density at radius 3 is 2.73 bits per heavy atom. The summed E-state index contributed by atoms with van der Waals surface area (Å²) >= 11 is 0. The molecule has 0 radical (unpaired) electrons. The van der Waals surface area contributed by atoms with E-state index in [2.05, 4.69) is 10.6 Å². The summed E-state index contributed by atoms with van der Waals surface area (Å²) in [6, 6.07) is 14.1. The quantitative estimate of drug-likeness (QED) is 0.452. The number of nitrogens with one attached hydrogen (secondary N) is 2. The van der Waals surface area contributed by atoms with Gasteiger partial charge in [-0.05, 0) is 48.6 Å². The highest BCUT2D eigenvalue weighted by atomic mass is 19.1. The topological polar surface area (TPSA) is 64.9 Å². The molecule has 26 heavy (non-hydrogen) atoms. The molecule has 0 unspecified atom stereocenters. The smallest absolute Gasteiger partial charge is 0.267 e. The first kappa shape index (κ1) is 19.2. The molecule has 5 heteroatoms. The molecule has 1 amide bonds. The summed E-state index contributed by atoms with van der Waals surface area (Å²) in [5.74, 6) is -0.727. The monoisotopic (exact) mass is 351 g/mol. The predicted octanol–water partition coefficient (Wildman–Crippen LogP) is 3.87. The maximum Gasteiger partial charge on any atom is 0.267 e. The maximum atomic E-state index is 13.1. The van der Waals surface area contributed by atoms with Gasteiger partial charge in [0.15, 0.2) is 0 Å². The van der Waals surface area contributed by atoms with Gasteiger partial charge in [0.25, 0.3) is 5.91 Å². The number of anilines is 1. The van der Waals surface area contributed by atoms with Gasteiger partial charge in [-0.3, -0.25) is 4.79 Å². The highest BCUT2D eigenvalue weighted by Crippen LogP contribution is 2.21. The lowest BCUT2D eigenvalue weighted by Crippen LogP contribution is -2.19. The summed E-state index contributed by atoms with van der Waals surface area (Å²) in [5.41, 5.74) is 3.57. The minimum Gasteiger partial charge on any atom is -0.389 e. The fraction of sp³-hybridized carbons (Fsp3) is 0.238. The van der Waals surface area contributed by atoms with E-state index in [1.165, 1.54) is 18.3 Å². The number of halogens is 1. The molecule has 2 aromatic rings. The van der Waals surface area contributed by atoms with Crippen molar-refractivity contribution in [3.05, 3.63) is 76.7 Å². The average Bonchev–Trinajstić information content (AvgIpc) is 2.63. The molecule has 0 saturated heterocycles. The molecule has 0 bridgehead atoms. The molecule has 0 saturated carbocycles. The zero-order valence-electron chi connectivity index (χ0n) is 15.0. The Balaban J connectivity index is 1.98. The third-order valence-corrected chi connectivity index (χ3v) is 4.04.